The first-order valence-corrected chi connectivity index (χ1v) is 6.28. The lowest BCUT2D eigenvalue weighted by Gasteiger charge is -2.11. The second-order valence-electron chi connectivity index (χ2n) is 4.83. The largest absolute Gasteiger partial charge is 0.399 e. The molecule has 18 heavy (non-hydrogen) atoms. The van der Waals surface area contributed by atoms with Gasteiger partial charge in [0, 0.05) is 5.69 Å². The van der Waals surface area contributed by atoms with Crippen LogP contribution < -0.4 is 11.5 Å². The average molecular weight is 240 g/mol. The molecule has 0 aliphatic heterocycles. The molecule has 0 saturated heterocycles. The second kappa shape index (κ2) is 5.23. The predicted molar refractivity (Wildman–Crippen MR) is 78.5 cm³/mol. The van der Waals surface area contributed by atoms with Gasteiger partial charge in [-0.25, -0.2) is 0 Å². The highest BCUT2D eigenvalue weighted by Gasteiger charge is 2.05. The Bertz CT molecular complexity index is 529. The summed E-state index contributed by atoms with van der Waals surface area (Å²) in [6.07, 6.45) is 0. The van der Waals surface area contributed by atoms with E-state index in [1.807, 2.05) is 12.1 Å². The Morgan fingerprint density at radius 2 is 1.72 bits per heavy atom. The van der Waals surface area contributed by atoms with Crippen LogP contribution in [0.25, 0.3) is 11.1 Å². The van der Waals surface area contributed by atoms with Crippen molar-refractivity contribution in [2.45, 2.75) is 19.8 Å². The van der Waals surface area contributed by atoms with Crippen LogP contribution in [0.15, 0.2) is 42.5 Å². The van der Waals surface area contributed by atoms with Crippen LogP contribution in [0.3, 0.4) is 0 Å². The van der Waals surface area contributed by atoms with E-state index in [1.165, 1.54) is 22.3 Å². The van der Waals surface area contributed by atoms with E-state index in [4.69, 9.17) is 11.5 Å². The van der Waals surface area contributed by atoms with E-state index in [-0.39, 0.29) is 0 Å². The zero-order valence-corrected chi connectivity index (χ0v) is 11.0. The lowest BCUT2D eigenvalue weighted by molar-refractivity contribution is 0.774. The van der Waals surface area contributed by atoms with Crippen LogP contribution in [0.5, 0.6) is 0 Å². The van der Waals surface area contributed by atoms with E-state index in [9.17, 15) is 0 Å². The fourth-order valence-electron chi connectivity index (χ4n) is 2.14. The number of benzene rings is 2. The molecule has 0 saturated carbocycles. The number of hydrogen-bond donors (Lipinski definition) is 2. The maximum absolute atomic E-state index is 5.77. The Hall–Kier alpha value is -1.80. The first kappa shape index (κ1) is 12.7. The molecule has 2 aromatic rings. The van der Waals surface area contributed by atoms with E-state index in [1.54, 1.807) is 0 Å². The van der Waals surface area contributed by atoms with Gasteiger partial charge in [-0.2, -0.15) is 0 Å². The van der Waals surface area contributed by atoms with Gasteiger partial charge in [0.2, 0.25) is 0 Å². The highest BCUT2D eigenvalue weighted by atomic mass is 14.5. The third-order valence-electron chi connectivity index (χ3n) is 3.39. The van der Waals surface area contributed by atoms with Crippen LogP contribution in [-0.2, 0) is 0 Å². The van der Waals surface area contributed by atoms with E-state index in [2.05, 4.69) is 44.2 Å². The smallest absolute Gasteiger partial charge is 0.0317 e. The van der Waals surface area contributed by atoms with Crippen molar-refractivity contribution in [3.63, 3.8) is 0 Å². The van der Waals surface area contributed by atoms with Crippen LogP contribution in [0.4, 0.5) is 5.69 Å². The Morgan fingerprint density at radius 1 is 1.06 bits per heavy atom. The Labute approximate surface area is 109 Å². The summed E-state index contributed by atoms with van der Waals surface area (Å²) < 4.78 is 0. The first-order valence-electron chi connectivity index (χ1n) is 6.28. The van der Waals surface area contributed by atoms with Gasteiger partial charge < -0.3 is 11.5 Å². The van der Waals surface area contributed by atoms with Crippen LogP contribution in [-0.4, -0.2) is 6.54 Å². The fraction of sp³-hybridized carbons (Fsp3) is 0.250. The van der Waals surface area contributed by atoms with E-state index < -0.39 is 0 Å². The molecule has 0 amide bonds. The molecular weight excluding hydrogens is 220 g/mol. The third-order valence-corrected chi connectivity index (χ3v) is 3.39. The molecule has 0 aromatic heterocycles. The molecule has 0 aliphatic rings. The second-order valence-corrected chi connectivity index (χ2v) is 4.83. The summed E-state index contributed by atoms with van der Waals surface area (Å²) in [4.78, 5) is 0. The zero-order valence-electron chi connectivity index (χ0n) is 11.0. The Morgan fingerprint density at radius 3 is 2.28 bits per heavy atom. The monoisotopic (exact) mass is 240 g/mol. The number of rotatable bonds is 3. The molecule has 2 nitrogen and oxygen atoms in total. The standard InChI is InChI=1S/C16H20N2/c1-11-9-15(18)7-8-16(11)14-5-3-13(4-6-14)12(2)10-17/h3-9,12H,10,17-18H2,1-2H3. The van der Waals surface area contributed by atoms with Gasteiger partial charge in [-0.15, -0.1) is 0 Å². The number of hydrogen-bond acceptors (Lipinski definition) is 2. The average Bonchev–Trinajstić information content (AvgIpc) is 2.38. The van der Waals surface area contributed by atoms with Crippen LogP contribution in [0.1, 0.15) is 24.0 Å². The summed E-state index contributed by atoms with van der Waals surface area (Å²) in [6.45, 7) is 4.91. The topological polar surface area (TPSA) is 52.0 Å². The maximum atomic E-state index is 5.77. The normalized spacial score (nSPS) is 12.4. The Balaban J connectivity index is 2.34. The molecule has 0 spiro atoms. The van der Waals surface area contributed by atoms with Gasteiger partial charge in [0.1, 0.15) is 0 Å². The van der Waals surface area contributed by atoms with Gasteiger partial charge in [0.25, 0.3) is 0 Å². The summed E-state index contributed by atoms with van der Waals surface area (Å²) in [5.74, 6) is 0.409. The van der Waals surface area contributed by atoms with E-state index >= 15 is 0 Å². The van der Waals surface area contributed by atoms with E-state index in [0.717, 1.165) is 5.69 Å². The summed E-state index contributed by atoms with van der Waals surface area (Å²) >= 11 is 0. The van der Waals surface area contributed by atoms with Gasteiger partial charge in [-0.05, 0) is 53.8 Å². The van der Waals surface area contributed by atoms with Crippen molar-refractivity contribution in [2.75, 3.05) is 12.3 Å². The van der Waals surface area contributed by atoms with Crippen molar-refractivity contribution >= 4 is 5.69 Å². The molecule has 2 rings (SSSR count). The number of nitrogen functional groups attached to an aromatic ring is 1. The molecular formula is C16H20N2. The molecule has 1 unspecified atom stereocenters. The van der Waals surface area contributed by atoms with Crippen LogP contribution in [0, 0.1) is 6.92 Å². The predicted octanol–water partition coefficient (Wildman–Crippen LogP) is 3.31. The van der Waals surface area contributed by atoms with Crippen molar-refractivity contribution in [1.82, 2.24) is 0 Å². The van der Waals surface area contributed by atoms with Crippen molar-refractivity contribution in [2.24, 2.45) is 5.73 Å². The number of nitrogens with two attached hydrogens (primary N) is 2. The van der Waals surface area contributed by atoms with Crippen molar-refractivity contribution in [3.8, 4) is 11.1 Å². The number of anilines is 1. The molecule has 0 aliphatic carbocycles. The van der Waals surface area contributed by atoms with Crippen LogP contribution in [0.2, 0.25) is 0 Å². The lowest BCUT2D eigenvalue weighted by Crippen LogP contribution is -2.08. The molecule has 94 valence electrons. The molecule has 0 heterocycles. The summed E-state index contributed by atoms with van der Waals surface area (Å²) in [5, 5.41) is 0. The van der Waals surface area contributed by atoms with Gasteiger partial charge in [-0.3, -0.25) is 0 Å². The lowest BCUT2D eigenvalue weighted by atomic mass is 9.95. The highest BCUT2D eigenvalue weighted by Crippen LogP contribution is 2.26. The maximum Gasteiger partial charge on any atom is 0.0317 e. The van der Waals surface area contributed by atoms with E-state index in [0.29, 0.717) is 12.5 Å². The molecule has 2 heteroatoms. The zero-order chi connectivity index (χ0) is 13.1. The summed E-state index contributed by atoms with van der Waals surface area (Å²) in [5.41, 5.74) is 17.2. The molecule has 0 radical (unpaired) electrons. The summed E-state index contributed by atoms with van der Waals surface area (Å²) in [6, 6.07) is 14.6. The SMILES string of the molecule is Cc1cc(N)ccc1-c1ccc(C(C)CN)cc1. The minimum atomic E-state index is 0.409. The molecule has 2 aromatic carbocycles. The van der Waals surface area contributed by atoms with Gasteiger partial charge in [-0.1, -0.05) is 37.3 Å². The molecule has 1 atom stereocenters. The van der Waals surface area contributed by atoms with Gasteiger partial charge in [0.05, 0.1) is 0 Å². The number of aryl methyl sites for hydroxylation is 1. The molecule has 0 bridgehead atoms. The van der Waals surface area contributed by atoms with Crippen molar-refractivity contribution < 1.29 is 0 Å². The molecule has 4 N–H and O–H groups in total. The Kier molecular flexibility index (Phi) is 3.68. The fourth-order valence-corrected chi connectivity index (χ4v) is 2.14. The van der Waals surface area contributed by atoms with Crippen molar-refractivity contribution in [1.29, 1.82) is 0 Å². The van der Waals surface area contributed by atoms with Crippen LogP contribution >= 0.6 is 0 Å². The molecule has 0 fully saturated rings. The minimum Gasteiger partial charge on any atom is -0.399 e. The van der Waals surface area contributed by atoms with Crippen molar-refractivity contribution in [3.05, 3.63) is 53.6 Å². The van der Waals surface area contributed by atoms with Gasteiger partial charge in [0.15, 0.2) is 0 Å². The highest BCUT2D eigenvalue weighted by molar-refractivity contribution is 5.69. The third kappa shape index (κ3) is 2.54. The first-order chi connectivity index (χ1) is 8.61. The quantitative estimate of drug-likeness (QED) is 0.809. The minimum absolute atomic E-state index is 0.409. The van der Waals surface area contributed by atoms with Gasteiger partial charge >= 0.3 is 0 Å². The summed E-state index contributed by atoms with van der Waals surface area (Å²) in [7, 11) is 0.